The van der Waals surface area contributed by atoms with Gasteiger partial charge in [0.25, 0.3) is 11.7 Å². The molecule has 3 aromatic rings. The zero-order valence-electron chi connectivity index (χ0n) is 17.1. The van der Waals surface area contributed by atoms with Crippen LogP contribution in [0.25, 0.3) is 5.69 Å². The topological polar surface area (TPSA) is 107 Å². The van der Waals surface area contributed by atoms with Crippen LogP contribution in [0.4, 0.5) is 13.2 Å². The summed E-state index contributed by atoms with van der Waals surface area (Å²) in [6.45, 7) is 2.92. The van der Waals surface area contributed by atoms with Crippen molar-refractivity contribution in [1.82, 2.24) is 15.1 Å². The smallest absolute Gasteiger partial charge is 0.368 e. The number of hydrogen-bond acceptors (Lipinski definition) is 4. The molecule has 0 bridgehead atoms. The Balaban J connectivity index is 1.92. The molecule has 0 aliphatic heterocycles. The predicted molar refractivity (Wildman–Crippen MR) is 109 cm³/mol. The third-order valence-corrected chi connectivity index (χ3v) is 4.84. The SMILES string of the molecule is Cc1nn(-c2cccc(C(F)(F)F)c2)c(C)c1C(=O)C(=O)N[C@@H](C(N)=O)c1ccccc1. The van der Waals surface area contributed by atoms with Crippen LogP contribution < -0.4 is 11.1 Å². The summed E-state index contributed by atoms with van der Waals surface area (Å²) < 4.78 is 40.3. The van der Waals surface area contributed by atoms with Crippen molar-refractivity contribution in [3.63, 3.8) is 0 Å². The standard InChI is InChI=1S/C22H19F3N4O3/c1-12-17(13(2)29(28-12)16-10-6-9-15(11-16)22(23,24)25)19(30)21(32)27-18(20(26)31)14-7-4-3-5-8-14/h3-11,18H,1-2H3,(H2,26,31)(H,27,32)/t18-/m1/s1. The van der Waals surface area contributed by atoms with E-state index in [0.717, 1.165) is 16.8 Å². The van der Waals surface area contributed by atoms with Gasteiger partial charge < -0.3 is 11.1 Å². The molecular weight excluding hydrogens is 425 g/mol. The van der Waals surface area contributed by atoms with E-state index in [0.29, 0.717) is 5.56 Å². The van der Waals surface area contributed by atoms with Crippen LogP contribution in [-0.2, 0) is 15.8 Å². The molecule has 2 aromatic carbocycles. The van der Waals surface area contributed by atoms with Gasteiger partial charge >= 0.3 is 6.18 Å². The van der Waals surface area contributed by atoms with Crippen molar-refractivity contribution in [2.45, 2.75) is 26.1 Å². The lowest BCUT2D eigenvalue weighted by atomic mass is 10.0. The molecule has 1 aromatic heterocycles. The van der Waals surface area contributed by atoms with Crippen LogP contribution in [0.15, 0.2) is 54.6 Å². The Kier molecular flexibility index (Phi) is 6.15. The zero-order chi connectivity index (χ0) is 23.6. The van der Waals surface area contributed by atoms with Gasteiger partial charge in [-0.3, -0.25) is 14.4 Å². The summed E-state index contributed by atoms with van der Waals surface area (Å²) in [5.41, 5.74) is 5.23. The summed E-state index contributed by atoms with van der Waals surface area (Å²) >= 11 is 0. The van der Waals surface area contributed by atoms with Gasteiger partial charge in [-0.15, -0.1) is 0 Å². The number of rotatable bonds is 6. The van der Waals surface area contributed by atoms with E-state index in [4.69, 9.17) is 5.73 Å². The molecule has 0 unspecified atom stereocenters. The summed E-state index contributed by atoms with van der Waals surface area (Å²) in [7, 11) is 0. The van der Waals surface area contributed by atoms with Crippen LogP contribution in [0.1, 0.15) is 38.9 Å². The van der Waals surface area contributed by atoms with Gasteiger partial charge in [-0.1, -0.05) is 36.4 Å². The summed E-state index contributed by atoms with van der Waals surface area (Å²) in [5, 5.41) is 6.45. The maximum Gasteiger partial charge on any atom is 0.416 e. The van der Waals surface area contributed by atoms with Gasteiger partial charge in [0.1, 0.15) is 6.04 Å². The molecule has 166 valence electrons. The van der Waals surface area contributed by atoms with Gasteiger partial charge in [-0.25, -0.2) is 4.68 Å². The number of primary amides is 1. The Bertz CT molecular complexity index is 1190. The molecule has 0 saturated carbocycles. The molecule has 1 atom stereocenters. The maximum absolute atomic E-state index is 13.1. The van der Waals surface area contributed by atoms with E-state index in [1.165, 1.54) is 26.0 Å². The third-order valence-electron chi connectivity index (χ3n) is 4.84. The maximum atomic E-state index is 13.1. The fourth-order valence-corrected chi connectivity index (χ4v) is 3.31. The number of alkyl halides is 3. The predicted octanol–water partition coefficient (Wildman–Crippen LogP) is 3.03. The fraction of sp³-hybridized carbons (Fsp3) is 0.182. The molecule has 3 rings (SSSR count). The molecule has 32 heavy (non-hydrogen) atoms. The number of amides is 2. The van der Waals surface area contributed by atoms with Crippen LogP contribution in [-0.4, -0.2) is 27.4 Å². The minimum atomic E-state index is -4.55. The molecule has 0 aliphatic carbocycles. The van der Waals surface area contributed by atoms with Crippen LogP contribution in [0.2, 0.25) is 0 Å². The molecule has 0 radical (unpaired) electrons. The molecule has 0 spiro atoms. The number of nitrogens with one attached hydrogen (secondary N) is 1. The van der Waals surface area contributed by atoms with Crippen molar-refractivity contribution in [3.05, 3.63) is 82.7 Å². The highest BCUT2D eigenvalue weighted by Crippen LogP contribution is 2.31. The number of ketones is 1. The van der Waals surface area contributed by atoms with Crippen LogP contribution in [0.5, 0.6) is 0 Å². The monoisotopic (exact) mass is 444 g/mol. The number of carbonyl (C=O) groups excluding carboxylic acids is 3. The minimum absolute atomic E-state index is 0.0730. The number of aryl methyl sites for hydroxylation is 1. The first-order chi connectivity index (χ1) is 15.0. The van der Waals surface area contributed by atoms with Gasteiger partial charge in [0, 0.05) is 0 Å². The fourth-order valence-electron chi connectivity index (χ4n) is 3.31. The number of carbonyl (C=O) groups is 3. The molecule has 7 nitrogen and oxygen atoms in total. The second-order valence-corrected chi connectivity index (χ2v) is 7.05. The number of nitrogens with two attached hydrogens (primary N) is 1. The minimum Gasteiger partial charge on any atom is -0.368 e. The summed E-state index contributed by atoms with van der Waals surface area (Å²) in [6.07, 6.45) is -4.55. The van der Waals surface area contributed by atoms with Gasteiger partial charge in [-0.2, -0.15) is 18.3 Å². The van der Waals surface area contributed by atoms with E-state index in [1.54, 1.807) is 30.3 Å². The molecule has 0 saturated heterocycles. The number of halogens is 3. The molecule has 1 heterocycles. The van der Waals surface area contributed by atoms with Crippen LogP contribution >= 0.6 is 0 Å². The number of hydrogen-bond donors (Lipinski definition) is 2. The van der Waals surface area contributed by atoms with Crippen molar-refractivity contribution < 1.29 is 27.6 Å². The van der Waals surface area contributed by atoms with Gasteiger partial charge in [0.2, 0.25) is 5.91 Å². The highest BCUT2D eigenvalue weighted by atomic mass is 19.4. The van der Waals surface area contributed by atoms with Crippen molar-refractivity contribution in [1.29, 1.82) is 0 Å². The quantitative estimate of drug-likeness (QED) is 0.450. The molecule has 10 heteroatoms. The summed E-state index contributed by atoms with van der Waals surface area (Å²) in [5.74, 6) is -2.93. The molecule has 3 N–H and O–H groups in total. The highest BCUT2D eigenvalue weighted by Gasteiger charge is 2.32. The average molecular weight is 444 g/mol. The summed E-state index contributed by atoms with van der Waals surface area (Å²) in [4.78, 5) is 37.3. The number of Topliss-reactive ketones (excluding diaryl/α,β-unsaturated/α-hetero) is 1. The number of nitrogens with zero attached hydrogens (tertiary/aromatic N) is 2. The van der Waals surface area contributed by atoms with Gasteiger partial charge in [0.15, 0.2) is 0 Å². The van der Waals surface area contributed by atoms with E-state index in [9.17, 15) is 27.6 Å². The lowest BCUT2D eigenvalue weighted by Crippen LogP contribution is -2.41. The summed E-state index contributed by atoms with van der Waals surface area (Å²) in [6, 6.07) is 11.4. The van der Waals surface area contributed by atoms with Crippen LogP contribution in [0, 0.1) is 13.8 Å². The third kappa shape index (κ3) is 4.53. The first kappa shape index (κ1) is 22.7. The van der Waals surface area contributed by atoms with E-state index in [-0.39, 0.29) is 22.6 Å². The Morgan fingerprint density at radius 2 is 1.69 bits per heavy atom. The largest absolute Gasteiger partial charge is 0.416 e. The van der Waals surface area contributed by atoms with Gasteiger partial charge in [0.05, 0.1) is 28.2 Å². The van der Waals surface area contributed by atoms with Gasteiger partial charge in [-0.05, 0) is 37.6 Å². The van der Waals surface area contributed by atoms with E-state index in [2.05, 4.69) is 10.4 Å². The first-order valence-electron chi connectivity index (χ1n) is 9.44. The van der Waals surface area contributed by atoms with Crippen molar-refractivity contribution in [2.75, 3.05) is 0 Å². The Morgan fingerprint density at radius 1 is 1.03 bits per heavy atom. The van der Waals surface area contributed by atoms with Crippen molar-refractivity contribution in [3.8, 4) is 5.69 Å². The molecular formula is C22H19F3N4O3. The average Bonchev–Trinajstić information content (AvgIpc) is 3.05. The second-order valence-electron chi connectivity index (χ2n) is 7.05. The normalized spacial score (nSPS) is 12.3. The zero-order valence-corrected chi connectivity index (χ0v) is 17.1. The number of aromatic nitrogens is 2. The second kappa shape index (κ2) is 8.66. The molecule has 0 fully saturated rings. The Morgan fingerprint density at radius 3 is 2.28 bits per heavy atom. The molecule has 0 aliphatic rings. The Labute approximate surface area is 181 Å². The van der Waals surface area contributed by atoms with E-state index in [1.807, 2.05) is 0 Å². The van der Waals surface area contributed by atoms with E-state index >= 15 is 0 Å². The molecule has 2 amide bonds. The lowest BCUT2D eigenvalue weighted by Gasteiger charge is -2.15. The number of benzene rings is 2. The lowest BCUT2D eigenvalue weighted by molar-refractivity contribution is -0.137. The Hall–Kier alpha value is -3.95. The van der Waals surface area contributed by atoms with E-state index < -0.39 is 35.4 Å². The van der Waals surface area contributed by atoms with Crippen LogP contribution in [0.3, 0.4) is 0 Å². The van der Waals surface area contributed by atoms with Crippen molar-refractivity contribution in [2.24, 2.45) is 5.73 Å². The first-order valence-corrected chi connectivity index (χ1v) is 9.44. The highest BCUT2D eigenvalue weighted by molar-refractivity contribution is 6.43. The van der Waals surface area contributed by atoms with Crippen molar-refractivity contribution >= 4 is 17.6 Å².